The molecule has 1 N–H and O–H groups in total. The topological polar surface area (TPSA) is 40.5 Å². The van der Waals surface area contributed by atoms with Gasteiger partial charge in [0.25, 0.3) is 0 Å². The summed E-state index contributed by atoms with van der Waals surface area (Å²) in [5, 5.41) is 9.58. The van der Waals surface area contributed by atoms with E-state index < -0.39 is 5.97 Å². The first-order chi connectivity index (χ1) is 9.47. The number of hydrogen-bond acceptors (Lipinski definition) is 3. The minimum atomic E-state index is -1.03. The van der Waals surface area contributed by atoms with Crippen LogP contribution >= 0.6 is 11.8 Å². The van der Waals surface area contributed by atoms with Crippen LogP contribution in [0.2, 0.25) is 0 Å². The molecule has 3 nitrogen and oxygen atoms in total. The minimum Gasteiger partial charge on any atom is -0.478 e. The molecule has 1 saturated heterocycles. The smallest absolute Gasteiger partial charge is 0.328 e. The van der Waals surface area contributed by atoms with Crippen molar-refractivity contribution in [2.45, 2.75) is 24.3 Å². The summed E-state index contributed by atoms with van der Waals surface area (Å²) in [6.07, 6.45) is 2.50. The number of rotatable bonds is 3. The molecule has 0 spiro atoms. The number of thioether (sulfide) groups is 1. The molecule has 20 heavy (non-hydrogen) atoms. The zero-order valence-corrected chi connectivity index (χ0v) is 12.4. The van der Waals surface area contributed by atoms with Gasteiger partial charge in [-0.2, -0.15) is 11.8 Å². The second-order valence-electron chi connectivity index (χ2n) is 5.01. The molecule has 0 saturated carbocycles. The Morgan fingerprint density at radius 1 is 1.40 bits per heavy atom. The molecular formula is C15H18FNO2S. The van der Waals surface area contributed by atoms with Crippen LogP contribution in [-0.4, -0.2) is 34.7 Å². The van der Waals surface area contributed by atoms with Gasteiger partial charge >= 0.3 is 5.97 Å². The summed E-state index contributed by atoms with van der Waals surface area (Å²) in [6.45, 7) is 5.79. The summed E-state index contributed by atoms with van der Waals surface area (Å²) in [5.41, 5.74) is 1.11. The fourth-order valence-corrected chi connectivity index (χ4v) is 3.85. The van der Waals surface area contributed by atoms with Crippen LogP contribution in [0.3, 0.4) is 0 Å². The van der Waals surface area contributed by atoms with E-state index in [1.54, 1.807) is 12.1 Å². The van der Waals surface area contributed by atoms with Crippen molar-refractivity contribution < 1.29 is 14.3 Å². The molecule has 2 atom stereocenters. The SMILES string of the molecule is CC1CN(c2c(F)cccc2/C=C/C(=O)O)CC(C)S1. The zero-order chi connectivity index (χ0) is 14.7. The molecule has 1 aliphatic heterocycles. The van der Waals surface area contributed by atoms with Crippen molar-refractivity contribution in [1.29, 1.82) is 0 Å². The number of benzene rings is 1. The first-order valence-electron chi connectivity index (χ1n) is 6.57. The molecule has 2 rings (SSSR count). The van der Waals surface area contributed by atoms with E-state index in [1.165, 1.54) is 12.1 Å². The van der Waals surface area contributed by atoms with Gasteiger partial charge in [-0.1, -0.05) is 26.0 Å². The molecule has 1 heterocycles. The molecule has 0 aliphatic carbocycles. The van der Waals surface area contributed by atoms with Crippen LogP contribution in [0.5, 0.6) is 0 Å². The van der Waals surface area contributed by atoms with E-state index in [1.807, 2.05) is 16.7 Å². The third kappa shape index (κ3) is 3.54. The number of halogens is 1. The summed E-state index contributed by atoms with van der Waals surface area (Å²) < 4.78 is 14.2. The number of carboxylic acid groups (broad SMARTS) is 1. The maximum absolute atomic E-state index is 14.2. The van der Waals surface area contributed by atoms with Crippen LogP contribution < -0.4 is 4.90 Å². The molecule has 1 fully saturated rings. The summed E-state index contributed by atoms with van der Waals surface area (Å²) >= 11 is 1.89. The van der Waals surface area contributed by atoms with Gasteiger partial charge in [0.15, 0.2) is 0 Å². The fraction of sp³-hybridized carbons (Fsp3) is 0.400. The highest BCUT2D eigenvalue weighted by molar-refractivity contribution is 8.00. The molecule has 0 aromatic heterocycles. The van der Waals surface area contributed by atoms with Gasteiger partial charge in [-0.05, 0) is 12.1 Å². The minimum absolute atomic E-state index is 0.302. The average molecular weight is 295 g/mol. The van der Waals surface area contributed by atoms with E-state index in [0.29, 0.717) is 21.8 Å². The Morgan fingerprint density at radius 2 is 2.05 bits per heavy atom. The Bertz CT molecular complexity index is 523. The van der Waals surface area contributed by atoms with Crippen LogP contribution in [0.15, 0.2) is 24.3 Å². The largest absolute Gasteiger partial charge is 0.478 e. The Balaban J connectivity index is 2.36. The molecule has 0 radical (unpaired) electrons. The highest BCUT2D eigenvalue weighted by atomic mass is 32.2. The van der Waals surface area contributed by atoms with Gasteiger partial charge in [0.2, 0.25) is 0 Å². The van der Waals surface area contributed by atoms with Crippen molar-refractivity contribution in [2.75, 3.05) is 18.0 Å². The van der Waals surface area contributed by atoms with Crippen molar-refractivity contribution in [3.8, 4) is 0 Å². The van der Waals surface area contributed by atoms with Gasteiger partial charge in [-0.25, -0.2) is 9.18 Å². The normalized spacial score (nSPS) is 23.2. The lowest BCUT2D eigenvalue weighted by molar-refractivity contribution is -0.131. The maximum Gasteiger partial charge on any atom is 0.328 e. The predicted octanol–water partition coefficient (Wildman–Crippen LogP) is 3.25. The third-order valence-corrected chi connectivity index (χ3v) is 4.39. The van der Waals surface area contributed by atoms with Gasteiger partial charge in [-0.3, -0.25) is 0 Å². The number of nitrogens with zero attached hydrogens (tertiary/aromatic N) is 1. The lowest BCUT2D eigenvalue weighted by Gasteiger charge is -2.37. The second-order valence-corrected chi connectivity index (χ2v) is 6.89. The second kappa shape index (κ2) is 6.31. The van der Waals surface area contributed by atoms with Crippen molar-refractivity contribution in [2.24, 2.45) is 0 Å². The molecule has 1 aromatic carbocycles. The highest BCUT2D eigenvalue weighted by Gasteiger charge is 2.25. The summed E-state index contributed by atoms with van der Waals surface area (Å²) in [4.78, 5) is 12.7. The van der Waals surface area contributed by atoms with Crippen molar-refractivity contribution in [3.05, 3.63) is 35.7 Å². The number of para-hydroxylation sites is 1. The van der Waals surface area contributed by atoms with Gasteiger partial charge in [-0.15, -0.1) is 0 Å². The molecule has 108 valence electrons. The lowest BCUT2D eigenvalue weighted by Crippen LogP contribution is -2.41. The van der Waals surface area contributed by atoms with Gasteiger partial charge in [0.05, 0.1) is 5.69 Å². The van der Waals surface area contributed by atoms with Crippen molar-refractivity contribution in [3.63, 3.8) is 0 Å². The molecule has 2 unspecified atom stereocenters. The molecule has 1 aliphatic rings. The Kier molecular flexibility index (Phi) is 4.70. The quantitative estimate of drug-likeness (QED) is 0.869. The zero-order valence-electron chi connectivity index (χ0n) is 11.5. The third-order valence-electron chi connectivity index (χ3n) is 3.16. The van der Waals surface area contributed by atoms with Crippen molar-refractivity contribution >= 4 is 29.5 Å². The Morgan fingerprint density at radius 3 is 2.65 bits per heavy atom. The van der Waals surface area contributed by atoms with Crippen LogP contribution in [-0.2, 0) is 4.79 Å². The van der Waals surface area contributed by atoms with Gasteiger partial charge < -0.3 is 10.0 Å². The maximum atomic E-state index is 14.2. The first-order valence-corrected chi connectivity index (χ1v) is 7.51. The highest BCUT2D eigenvalue weighted by Crippen LogP contribution is 2.32. The predicted molar refractivity (Wildman–Crippen MR) is 81.8 cm³/mol. The van der Waals surface area contributed by atoms with Crippen LogP contribution in [0.1, 0.15) is 19.4 Å². The van der Waals surface area contributed by atoms with E-state index in [9.17, 15) is 9.18 Å². The van der Waals surface area contributed by atoms with Gasteiger partial charge in [0.1, 0.15) is 5.82 Å². The number of carbonyl (C=O) groups is 1. The Hall–Kier alpha value is -1.49. The van der Waals surface area contributed by atoms with E-state index in [4.69, 9.17) is 5.11 Å². The summed E-state index contributed by atoms with van der Waals surface area (Å²) in [6, 6.07) is 4.77. The molecule has 5 heteroatoms. The first kappa shape index (κ1) is 14.9. The van der Waals surface area contributed by atoms with E-state index >= 15 is 0 Å². The summed E-state index contributed by atoms with van der Waals surface area (Å²) in [7, 11) is 0. The molecule has 0 amide bonds. The van der Waals surface area contributed by atoms with E-state index in [-0.39, 0.29) is 5.82 Å². The summed E-state index contributed by atoms with van der Waals surface area (Å²) in [5.74, 6) is -1.33. The molecule has 1 aromatic rings. The number of aliphatic carboxylic acids is 1. The van der Waals surface area contributed by atoms with Gasteiger partial charge in [0, 0.05) is 35.2 Å². The van der Waals surface area contributed by atoms with E-state index in [2.05, 4.69) is 13.8 Å². The van der Waals surface area contributed by atoms with Crippen LogP contribution in [0.25, 0.3) is 6.08 Å². The lowest BCUT2D eigenvalue weighted by atomic mass is 10.1. The van der Waals surface area contributed by atoms with E-state index in [0.717, 1.165) is 19.2 Å². The molecular weight excluding hydrogens is 277 g/mol. The average Bonchev–Trinajstić information content (AvgIpc) is 2.35. The van der Waals surface area contributed by atoms with Crippen molar-refractivity contribution in [1.82, 2.24) is 0 Å². The standard InChI is InChI=1S/C15H18FNO2S/c1-10-8-17(9-11(2)20-10)15-12(6-7-14(18)19)4-3-5-13(15)16/h3-7,10-11H,8-9H2,1-2H3,(H,18,19)/b7-6+. The molecule has 0 bridgehead atoms. The monoisotopic (exact) mass is 295 g/mol. The van der Waals surface area contributed by atoms with Crippen LogP contribution in [0.4, 0.5) is 10.1 Å². The number of carboxylic acids is 1. The Labute approximate surface area is 122 Å². The fourth-order valence-electron chi connectivity index (χ4n) is 2.52. The number of hydrogen-bond donors (Lipinski definition) is 1. The van der Waals surface area contributed by atoms with Crippen LogP contribution in [0, 0.1) is 5.82 Å². The number of anilines is 1.